The summed E-state index contributed by atoms with van der Waals surface area (Å²) in [6, 6.07) is 7.64. The predicted octanol–water partition coefficient (Wildman–Crippen LogP) is 2.03. The van der Waals surface area contributed by atoms with Crippen LogP contribution < -0.4 is 10.5 Å². The number of ether oxygens (including phenoxy) is 1. The van der Waals surface area contributed by atoms with Crippen LogP contribution in [0.5, 0.6) is 5.75 Å². The molecular formula is C14H23ClN2O2. The van der Waals surface area contributed by atoms with Crippen LogP contribution in [0.1, 0.15) is 25.3 Å². The molecule has 0 aromatic heterocycles. The van der Waals surface area contributed by atoms with Crippen molar-refractivity contribution in [3.8, 4) is 5.75 Å². The largest absolute Gasteiger partial charge is 0.497 e. The molecule has 0 aliphatic heterocycles. The predicted molar refractivity (Wildman–Crippen MR) is 79.9 cm³/mol. The quantitative estimate of drug-likeness (QED) is 0.901. The van der Waals surface area contributed by atoms with Gasteiger partial charge >= 0.3 is 0 Å². The van der Waals surface area contributed by atoms with Gasteiger partial charge in [-0.1, -0.05) is 12.1 Å². The Bertz CT molecular complexity index is 412. The Morgan fingerprint density at radius 3 is 2.58 bits per heavy atom. The first-order valence-electron chi connectivity index (χ1n) is 6.12. The van der Waals surface area contributed by atoms with Crippen molar-refractivity contribution >= 4 is 18.3 Å². The minimum Gasteiger partial charge on any atom is -0.497 e. The lowest BCUT2D eigenvalue weighted by Gasteiger charge is -2.27. The van der Waals surface area contributed by atoms with Gasteiger partial charge in [0.05, 0.1) is 13.0 Å². The molecule has 1 amide bonds. The van der Waals surface area contributed by atoms with Crippen LogP contribution in [0.2, 0.25) is 0 Å². The van der Waals surface area contributed by atoms with Crippen molar-refractivity contribution < 1.29 is 9.53 Å². The SMILES string of the molecule is COc1cccc(C(C)C(=O)N(C)C(C)CN)c1.Cl. The number of carbonyl (C=O) groups excluding carboxylic acids is 1. The standard InChI is InChI=1S/C14H22N2O2.ClH/c1-10(9-15)16(3)14(17)11(2)12-6-5-7-13(8-12)18-4;/h5-8,10-11H,9,15H2,1-4H3;1H. The number of nitrogens with two attached hydrogens (primary N) is 1. The van der Waals surface area contributed by atoms with Crippen molar-refractivity contribution in [3.05, 3.63) is 29.8 Å². The van der Waals surface area contributed by atoms with E-state index >= 15 is 0 Å². The van der Waals surface area contributed by atoms with Crippen molar-refractivity contribution in [1.82, 2.24) is 4.90 Å². The molecule has 0 aliphatic rings. The van der Waals surface area contributed by atoms with Crippen molar-refractivity contribution in [3.63, 3.8) is 0 Å². The van der Waals surface area contributed by atoms with Crippen LogP contribution in [0.15, 0.2) is 24.3 Å². The lowest BCUT2D eigenvalue weighted by molar-refractivity contribution is -0.132. The molecular weight excluding hydrogens is 264 g/mol. The van der Waals surface area contributed by atoms with E-state index in [1.165, 1.54) is 0 Å². The third kappa shape index (κ3) is 4.40. The van der Waals surface area contributed by atoms with Crippen LogP contribution in [0.3, 0.4) is 0 Å². The summed E-state index contributed by atoms with van der Waals surface area (Å²) in [5.74, 6) is 0.641. The average molecular weight is 287 g/mol. The summed E-state index contributed by atoms with van der Waals surface area (Å²) >= 11 is 0. The molecule has 0 aliphatic carbocycles. The Balaban J connectivity index is 0.00000324. The number of amides is 1. The molecule has 108 valence electrons. The van der Waals surface area contributed by atoms with Crippen LogP contribution in [-0.2, 0) is 4.79 Å². The van der Waals surface area contributed by atoms with Crippen LogP contribution in [0, 0.1) is 0 Å². The number of hydrogen-bond acceptors (Lipinski definition) is 3. The molecule has 4 nitrogen and oxygen atoms in total. The summed E-state index contributed by atoms with van der Waals surface area (Å²) < 4.78 is 5.17. The summed E-state index contributed by atoms with van der Waals surface area (Å²) in [5.41, 5.74) is 6.54. The molecule has 0 heterocycles. The fourth-order valence-electron chi connectivity index (χ4n) is 1.73. The molecule has 0 saturated heterocycles. The lowest BCUT2D eigenvalue weighted by atomic mass is 9.99. The molecule has 2 N–H and O–H groups in total. The number of benzene rings is 1. The van der Waals surface area contributed by atoms with Gasteiger partial charge in [0.15, 0.2) is 0 Å². The number of hydrogen-bond donors (Lipinski definition) is 1. The van der Waals surface area contributed by atoms with E-state index in [0.29, 0.717) is 6.54 Å². The smallest absolute Gasteiger partial charge is 0.229 e. The van der Waals surface area contributed by atoms with Gasteiger partial charge in [-0.3, -0.25) is 4.79 Å². The van der Waals surface area contributed by atoms with E-state index in [4.69, 9.17) is 10.5 Å². The number of halogens is 1. The maximum Gasteiger partial charge on any atom is 0.229 e. The number of rotatable bonds is 5. The minimum absolute atomic E-state index is 0. The second-order valence-corrected chi connectivity index (χ2v) is 4.53. The monoisotopic (exact) mass is 286 g/mol. The van der Waals surface area contributed by atoms with Gasteiger partial charge in [-0.25, -0.2) is 0 Å². The van der Waals surface area contributed by atoms with Gasteiger partial charge in [0.1, 0.15) is 5.75 Å². The fourth-order valence-corrected chi connectivity index (χ4v) is 1.73. The topological polar surface area (TPSA) is 55.6 Å². The molecule has 1 aromatic carbocycles. The average Bonchev–Trinajstić information content (AvgIpc) is 2.43. The summed E-state index contributed by atoms with van der Waals surface area (Å²) in [5, 5.41) is 0. The molecule has 0 bridgehead atoms. The van der Waals surface area contributed by atoms with Crippen molar-refractivity contribution in [1.29, 1.82) is 0 Å². The third-order valence-corrected chi connectivity index (χ3v) is 3.31. The third-order valence-electron chi connectivity index (χ3n) is 3.31. The Morgan fingerprint density at radius 1 is 1.42 bits per heavy atom. The highest BCUT2D eigenvalue weighted by atomic mass is 35.5. The van der Waals surface area contributed by atoms with E-state index < -0.39 is 0 Å². The van der Waals surface area contributed by atoms with Gasteiger partial charge in [-0.05, 0) is 31.5 Å². The van der Waals surface area contributed by atoms with Gasteiger partial charge in [0, 0.05) is 19.6 Å². The van der Waals surface area contributed by atoms with Gasteiger partial charge in [0.25, 0.3) is 0 Å². The Morgan fingerprint density at radius 2 is 2.05 bits per heavy atom. The Hall–Kier alpha value is -1.26. The summed E-state index contributed by atoms with van der Waals surface area (Å²) in [6.07, 6.45) is 0. The zero-order valence-corrected chi connectivity index (χ0v) is 12.7. The van der Waals surface area contributed by atoms with Gasteiger partial charge in [0.2, 0.25) is 5.91 Å². The Labute approximate surface area is 121 Å². The second-order valence-electron chi connectivity index (χ2n) is 4.53. The number of likely N-dealkylation sites (N-methyl/N-ethyl adjacent to an activating group) is 1. The van der Waals surface area contributed by atoms with Crippen LogP contribution in [-0.4, -0.2) is 37.6 Å². The van der Waals surface area contributed by atoms with E-state index in [2.05, 4.69) is 0 Å². The number of carbonyl (C=O) groups is 1. The van der Waals surface area contributed by atoms with Crippen LogP contribution >= 0.6 is 12.4 Å². The molecule has 5 heteroatoms. The highest BCUT2D eigenvalue weighted by Crippen LogP contribution is 2.22. The van der Waals surface area contributed by atoms with Gasteiger partial charge in [-0.2, -0.15) is 0 Å². The molecule has 2 unspecified atom stereocenters. The fraction of sp³-hybridized carbons (Fsp3) is 0.500. The Kier molecular flexibility index (Phi) is 7.49. The zero-order valence-electron chi connectivity index (χ0n) is 11.9. The first-order valence-corrected chi connectivity index (χ1v) is 6.12. The summed E-state index contributed by atoms with van der Waals surface area (Å²) in [6.45, 7) is 4.31. The molecule has 1 aromatic rings. The molecule has 0 radical (unpaired) electrons. The molecule has 1 rings (SSSR count). The van der Waals surface area contributed by atoms with Crippen molar-refractivity contribution in [2.45, 2.75) is 25.8 Å². The van der Waals surface area contributed by atoms with Crippen LogP contribution in [0.4, 0.5) is 0 Å². The highest BCUT2D eigenvalue weighted by Gasteiger charge is 2.22. The highest BCUT2D eigenvalue weighted by molar-refractivity contribution is 5.85. The van der Waals surface area contributed by atoms with E-state index in [9.17, 15) is 4.79 Å². The van der Waals surface area contributed by atoms with E-state index in [1.54, 1.807) is 19.1 Å². The first-order chi connectivity index (χ1) is 8.51. The normalized spacial score (nSPS) is 13.1. The number of methoxy groups -OCH3 is 1. The maximum atomic E-state index is 12.3. The van der Waals surface area contributed by atoms with Crippen molar-refractivity contribution in [2.75, 3.05) is 20.7 Å². The molecule has 0 fully saturated rings. The second kappa shape index (κ2) is 8.02. The van der Waals surface area contributed by atoms with E-state index in [-0.39, 0.29) is 30.3 Å². The zero-order chi connectivity index (χ0) is 13.7. The lowest BCUT2D eigenvalue weighted by Crippen LogP contribution is -2.41. The summed E-state index contributed by atoms with van der Waals surface area (Å²) in [7, 11) is 3.41. The minimum atomic E-state index is -0.195. The van der Waals surface area contributed by atoms with Crippen LogP contribution in [0.25, 0.3) is 0 Å². The van der Waals surface area contributed by atoms with Gasteiger partial charge < -0.3 is 15.4 Å². The van der Waals surface area contributed by atoms with Gasteiger partial charge in [-0.15, -0.1) is 12.4 Å². The van der Waals surface area contributed by atoms with Crippen molar-refractivity contribution in [2.24, 2.45) is 5.73 Å². The summed E-state index contributed by atoms with van der Waals surface area (Å²) in [4.78, 5) is 14.0. The maximum absolute atomic E-state index is 12.3. The molecule has 19 heavy (non-hydrogen) atoms. The molecule has 0 spiro atoms. The van der Waals surface area contributed by atoms with E-state index in [0.717, 1.165) is 11.3 Å². The van der Waals surface area contributed by atoms with E-state index in [1.807, 2.05) is 38.1 Å². The number of nitrogens with zero attached hydrogens (tertiary/aromatic N) is 1. The molecule has 2 atom stereocenters. The first kappa shape index (κ1) is 17.7. The molecule has 0 saturated carbocycles.